The summed E-state index contributed by atoms with van der Waals surface area (Å²) in [5.74, 6) is 0.961. The molecule has 1 aromatic carbocycles. The summed E-state index contributed by atoms with van der Waals surface area (Å²) >= 11 is 0. The maximum atomic E-state index is 5.33. The molecule has 1 aliphatic carbocycles. The molecular formula is C17H23N3O. The van der Waals surface area contributed by atoms with Gasteiger partial charge in [0.2, 0.25) is 0 Å². The van der Waals surface area contributed by atoms with Crippen molar-refractivity contribution in [2.24, 2.45) is 7.05 Å². The molecule has 0 amide bonds. The number of ether oxygens (including phenoxy) is 1. The van der Waals surface area contributed by atoms with Crippen LogP contribution in [0.25, 0.3) is 0 Å². The highest BCUT2D eigenvalue weighted by molar-refractivity contribution is 5.37. The standard InChI is InChI=1S/C17H23N3O/c1-20-10-8-15(19-20)7-9-18-16-5-3-13-4-6-17(21-2)12-14(13)11-16/h4,6,8,10,12,16,18H,3,5,7,9,11H2,1-2H3. The fraction of sp³-hybridized carbons (Fsp3) is 0.471. The van der Waals surface area contributed by atoms with E-state index in [1.54, 1.807) is 7.11 Å². The molecule has 0 aliphatic heterocycles. The van der Waals surface area contributed by atoms with Crippen molar-refractivity contribution in [3.8, 4) is 5.75 Å². The Morgan fingerprint density at radius 2 is 2.24 bits per heavy atom. The summed E-state index contributed by atoms with van der Waals surface area (Å²) in [5, 5.41) is 8.08. The molecule has 0 saturated carbocycles. The van der Waals surface area contributed by atoms with Crippen LogP contribution in [0.5, 0.6) is 5.75 Å². The van der Waals surface area contributed by atoms with Crippen molar-refractivity contribution in [1.82, 2.24) is 15.1 Å². The summed E-state index contributed by atoms with van der Waals surface area (Å²) in [6, 6.07) is 9.10. The maximum Gasteiger partial charge on any atom is 0.119 e. The van der Waals surface area contributed by atoms with Crippen molar-refractivity contribution < 1.29 is 4.74 Å². The number of aryl methyl sites for hydroxylation is 2. The minimum absolute atomic E-state index is 0.563. The first kappa shape index (κ1) is 14.1. The quantitative estimate of drug-likeness (QED) is 0.914. The first-order chi connectivity index (χ1) is 10.2. The van der Waals surface area contributed by atoms with E-state index in [1.165, 1.54) is 17.5 Å². The average Bonchev–Trinajstić information content (AvgIpc) is 2.92. The van der Waals surface area contributed by atoms with Gasteiger partial charge in [-0.3, -0.25) is 4.68 Å². The van der Waals surface area contributed by atoms with Gasteiger partial charge in [0.1, 0.15) is 5.75 Å². The highest BCUT2D eigenvalue weighted by Gasteiger charge is 2.18. The van der Waals surface area contributed by atoms with Gasteiger partial charge < -0.3 is 10.1 Å². The van der Waals surface area contributed by atoms with Crippen LogP contribution in [0.15, 0.2) is 30.5 Å². The molecular weight excluding hydrogens is 262 g/mol. The third-order valence-corrected chi connectivity index (χ3v) is 4.22. The lowest BCUT2D eigenvalue weighted by molar-refractivity contribution is 0.411. The van der Waals surface area contributed by atoms with E-state index in [-0.39, 0.29) is 0 Å². The molecule has 1 heterocycles. The van der Waals surface area contributed by atoms with Gasteiger partial charge in [0.05, 0.1) is 12.8 Å². The van der Waals surface area contributed by atoms with Crippen LogP contribution in [0, 0.1) is 0 Å². The van der Waals surface area contributed by atoms with Gasteiger partial charge in [-0.1, -0.05) is 6.07 Å². The Balaban J connectivity index is 1.53. The van der Waals surface area contributed by atoms with Crippen LogP contribution < -0.4 is 10.1 Å². The Morgan fingerprint density at radius 1 is 1.33 bits per heavy atom. The summed E-state index contributed by atoms with van der Waals surface area (Å²) in [7, 11) is 3.69. The summed E-state index contributed by atoms with van der Waals surface area (Å²) in [6.45, 7) is 0.987. The predicted molar refractivity (Wildman–Crippen MR) is 83.7 cm³/mol. The van der Waals surface area contributed by atoms with Crippen LogP contribution in [-0.2, 0) is 26.3 Å². The van der Waals surface area contributed by atoms with Gasteiger partial charge in [-0.2, -0.15) is 5.10 Å². The van der Waals surface area contributed by atoms with Crippen molar-refractivity contribution in [2.75, 3.05) is 13.7 Å². The normalized spacial score (nSPS) is 17.5. The van der Waals surface area contributed by atoms with Gasteiger partial charge in [-0.25, -0.2) is 0 Å². The molecule has 0 saturated heterocycles. The highest BCUT2D eigenvalue weighted by atomic mass is 16.5. The first-order valence-corrected chi connectivity index (χ1v) is 7.62. The Kier molecular flexibility index (Phi) is 4.25. The molecule has 0 fully saturated rings. The maximum absolute atomic E-state index is 5.33. The molecule has 1 aliphatic rings. The summed E-state index contributed by atoms with van der Waals surface area (Å²) < 4.78 is 7.19. The first-order valence-electron chi connectivity index (χ1n) is 7.62. The molecule has 4 heteroatoms. The fourth-order valence-electron chi connectivity index (χ4n) is 3.04. The predicted octanol–water partition coefficient (Wildman–Crippen LogP) is 2.12. The van der Waals surface area contributed by atoms with E-state index < -0.39 is 0 Å². The summed E-state index contributed by atoms with van der Waals surface area (Å²) in [6.07, 6.45) is 6.44. The Hall–Kier alpha value is -1.81. The molecule has 21 heavy (non-hydrogen) atoms. The van der Waals surface area contributed by atoms with Crippen LogP contribution in [0.3, 0.4) is 0 Å². The molecule has 0 radical (unpaired) electrons. The van der Waals surface area contributed by atoms with Crippen LogP contribution in [0.1, 0.15) is 23.2 Å². The molecule has 112 valence electrons. The lowest BCUT2D eigenvalue weighted by Gasteiger charge is -2.26. The number of rotatable bonds is 5. The van der Waals surface area contributed by atoms with Gasteiger partial charge in [0.15, 0.2) is 0 Å². The van der Waals surface area contributed by atoms with Crippen molar-refractivity contribution >= 4 is 0 Å². The third kappa shape index (κ3) is 3.45. The van der Waals surface area contributed by atoms with Crippen LogP contribution in [0.2, 0.25) is 0 Å². The number of methoxy groups -OCH3 is 1. The number of nitrogens with zero attached hydrogens (tertiary/aromatic N) is 2. The molecule has 1 atom stereocenters. The SMILES string of the molecule is COc1ccc2c(c1)CC(NCCc1ccn(C)n1)CC2. The zero-order chi connectivity index (χ0) is 14.7. The number of aromatic nitrogens is 2. The fourth-order valence-corrected chi connectivity index (χ4v) is 3.04. The molecule has 1 aromatic heterocycles. The highest BCUT2D eigenvalue weighted by Crippen LogP contribution is 2.25. The van der Waals surface area contributed by atoms with E-state index in [9.17, 15) is 0 Å². The zero-order valence-electron chi connectivity index (χ0n) is 12.8. The van der Waals surface area contributed by atoms with Crippen LogP contribution in [-0.4, -0.2) is 29.5 Å². The van der Waals surface area contributed by atoms with E-state index in [4.69, 9.17) is 4.74 Å². The number of hydrogen-bond acceptors (Lipinski definition) is 3. The second-order valence-electron chi connectivity index (χ2n) is 5.76. The molecule has 1 unspecified atom stereocenters. The van der Waals surface area contributed by atoms with E-state index in [0.717, 1.165) is 37.3 Å². The molecule has 2 aromatic rings. The van der Waals surface area contributed by atoms with Gasteiger partial charge in [0, 0.05) is 32.3 Å². The largest absolute Gasteiger partial charge is 0.497 e. The smallest absolute Gasteiger partial charge is 0.119 e. The van der Waals surface area contributed by atoms with Crippen molar-refractivity contribution in [1.29, 1.82) is 0 Å². The Labute approximate surface area is 126 Å². The van der Waals surface area contributed by atoms with Crippen molar-refractivity contribution in [3.63, 3.8) is 0 Å². The van der Waals surface area contributed by atoms with Gasteiger partial charge >= 0.3 is 0 Å². The van der Waals surface area contributed by atoms with Crippen molar-refractivity contribution in [2.45, 2.75) is 31.7 Å². The number of nitrogens with one attached hydrogen (secondary N) is 1. The van der Waals surface area contributed by atoms with E-state index in [1.807, 2.05) is 17.9 Å². The van der Waals surface area contributed by atoms with Gasteiger partial charge in [-0.05, 0) is 48.6 Å². The molecule has 1 N–H and O–H groups in total. The second-order valence-corrected chi connectivity index (χ2v) is 5.76. The van der Waals surface area contributed by atoms with Gasteiger partial charge in [-0.15, -0.1) is 0 Å². The third-order valence-electron chi connectivity index (χ3n) is 4.22. The lowest BCUT2D eigenvalue weighted by Crippen LogP contribution is -2.35. The average molecular weight is 285 g/mol. The molecule has 4 nitrogen and oxygen atoms in total. The molecule has 3 rings (SSSR count). The summed E-state index contributed by atoms with van der Waals surface area (Å²) in [4.78, 5) is 0. The number of benzene rings is 1. The minimum atomic E-state index is 0.563. The monoisotopic (exact) mass is 285 g/mol. The van der Waals surface area contributed by atoms with Crippen LogP contribution in [0.4, 0.5) is 0 Å². The van der Waals surface area contributed by atoms with Gasteiger partial charge in [0.25, 0.3) is 0 Å². The lowest BCUT2D eigenvalue weighted by atomic mass is 9.88. The Bertz CT molecular complexity index is 606. The van der Waals surface area contributed by atoms with Crippen LogP contribution >= 0.6 is 0 Å². The number of hydrogen-bond donors (Lipinski definition) is 1. The van der Waals surface area contributed by atoms with Crippen molar-refractivity contribution in [3.05, 3.63) is 47.3 Å². The van der Waals surface area contributed by atoms with E-state index in [2.05, 4.69) is 34.7 Å². The summed E-state index contributed by atoms with van der Waals surface area (Å²) in [5.41, 5.74) is 4.05. The number of fused-ring (bicyclic) bond motifs is 1. The van der Waals surface area contributed by atoms with E-state index in [0.29, 0.717) is 6.04 Å². The zero-order valence-corrected chi connectivity index (χ0v) is 12.8. The topological polar surface area (TPSA) is 39.1 Å². The molecule has 0 bridgehead atoms. The Morgan fingerprint density at radius 3 is 3.00 bits per heavy atom. The minimum Gasteiger partial charge on any atom is -0.497 e. The second kappa shape index (κ2) is 6.31. The van der Waals surface area contributed by atoms with E-state index >= 15 is 0 Å². The molecule has 0 spiro atoms.